The lowest BCUT2D eigenvalue weighted by atomic mass is 9.91. The molecule has 0 saturated heterocycles. The van der Waals surface area contributed by atoms with Gasteiger partial charge >= 0.3 is 0 Å². The third-order valence-electron chi connectivity index (χ3n) is 3.18. The zero-order valence-corrected chi connectivity index (χ0v) is 11.8. The highest BCUT2D eigenvalue weighted by molar-refractivity contribution is 5.55. The SMILES string of the molecule is COc1cc(OC)c(C(C)CC=O)cc1C(C)C. The first-order valence-corrected chi connectivity index (χ1v) is 6.24. The Hall–Kier alpha value is -1.51. The van der Waals surface area contributed by atoms with Crippen LogP contribution in [0, 0.1) is 0 Å². The first-order valence-electron chi connectivity index (χ1n) is 6.24. The van der Waals surface area contributed by atoms with Crippen LogP contribution in [0.5, 0.6) is 11.5 Å². The molecule has 0 heterocycles. The quantitative estimate of drug-likeness (QED) is 0.725. The number of rotatable bonds is 6. The summed E-state index contributed by atoms with van der Waals surface area (Å²) in [5, 5.41) is 0. The van der Waals surface area contributed by atoms with E-state index in [1.54, 1.807) is 14.2 Å². The van der Waals surface area contributed by atoms with Crippen LogP contribution in [0.1, 0.15) is 50.2 Å². The normalized spacial score (nSPS) is 12.3. The van der Waals surface area contributed by atoms with Gasteiger partial charge in [-0.15, -0.1) is 0 Å². The molecule has 3 heteroatoms. The minimum absolute atomic E-state index is 0.154. The van der Waals surface area contributed by atoms with Crippen LogP contribution in [-0.4, -0.2) is 20.5 Å². The minimum atomic E-state index is 0.154. The van der Waals surface area contributed by atoms with Gasteiger partial charge in [-0.2, -0.15) is 0 Å². The van der Waals surface area contributed by atoms with Gasteiger partial charge in [0.25, 0.3) is 0 Å². The van der Waals surface area contributed by atoms with Crippen LogP contribution in [0.15, 0.2) is 12.1 Å². The van der Waals surface area contributed by atoms with Gasteiger partial charge in [0.05, 0.1) is 14.2 Å². The predicted molar refractivity (Wildman–Crippen MR) is 72.7 cm³/mol. The number of methoxy groups -OCH3 is 2. The van der Waals surface area contributed by atoms with E-state index in [1.165, 1.54) is 0 Å². The van der Waals surface area contributed by atoms with Crippen LogP contribution in [0.3, 0.4) is 0 Å². The number of benzene rings is 1. The lowest BCUT2D eigenvalue weighted by Crippen LogP contribution is -2.03. The Labute approximate surface area is 109 Å². The van der Waals surface area contributed by atoms with E-state index in [0.29, 0.717) is 12.3 Å². The number of carbonyl (C=O) groups excluding carboxylic acids is 1. The van der Waals surface area contributed by atoms with Crippen molar-refractivity contribution in [2.75, 3.05) is 14.2 Å². The predicted octanol–water partition coefficient (Wildman–Crippen LogP) is 3.52. The van der Waals surface area contributed by atoms with Crippen molar-refractivity contribution in [1.29, 1.82) is 0 Å². The number of carbonyl (C=O) groups is 1. The lowest BCUT2D eigenvalue weighted by molar-refractivity contribution is -0.108. The topological polar surface area (TPSA) is 35.5 Å². The van der Waals surface area contributed by atoms with Gasteiger partial charge in [0, 0.05) is 12.5 Å². The monoisotopic (exact) mass is 250 g/mol. The van der Waals surface area contributed by atoms with Crippen LogP contribution in [0.25, 0.3) is 0 Å². The molecule has 3 nitrogen and oxygen atoms in total. The van der Waals surface area contributed by atoms with Crippen molar-refractivity contribution in [1.82, 2.24) is 0 Å². The van der Waals surface area contributed by atoms with E-state index in [2.05, 4.69) is 19.9 Å². The summed E-state index contributed by atoms with van der Waals surface area (Å²) < 4.78 is 10.8. The fourth-order valence-corrected chi connectivity index (χ4v) is 2.06. The molecule has 0 spiro atoms. The van der Waals surface area contributed by atoms with E-state index in [9.17, 15) is 4.79 Å². The smallest absolute Gasteiger partial charge is 0.126 e. The van der Waals surface area contributed by atoms with E-state index in [4.69, 9.17) is 9.47 Å². The van der Waals surface area contributed by atoms with Crippen molar-refractivity contribution in [3.05, 3.63) is 23.3 Å². The Morgan fingerprint density at radius 3 is 2.06 bits per heavy atom. The lowest BCUT2D eigenvalue weighted by Gasteiger charge is -2.19. The van der Waals surface area contributed by atoms with Crippen molar-refractivity contribution >= 4 is 6.29 Å². The van der Waals surface area contributed by atoms with E-state index >= 15 is 0 Å². The Kier molecular flexibility index (Phi) is 5.20. The second-order valence-corrected chi connectivity index (χ2v) is 4.79. The van der Waals surface area contributed by atoms with E-state index in [1.807, 2.05) is 13.0 Å². The van der Waals surface area contributed by atoms with Crippen LogP contribution in [-0.2, 0) is 4.79 Å². The summed E-state index contributed by atoms with van der Waals surface area (Å²) in [6.07, 6.45) is 1.45. The molecule has 0 aromatic heterocycles. The van der Waals surface area contributed by atoms with Gasteiger partial charge in [-0.05, 0) is 29.0 Å². The Morgan fingerprint density at radius 2 is 1.61 bits per heavy atom. The summed E-state index contributed by atoms with van der Waals surface area (Å²) in [7, 11) is 3.30. The molecule has 1 aromatic rings. The van der Waals surface area contributed by atoms with Crippen molar-refractivity contribution in [2.45, 2.75) is 39.0 Å². The molecule has 0 aliphatic carbocycles. The molecule has 1 atom stereocenters. The molecule has 0 saturated carbocycles. The molecule has 0 amide bonds. The number of hydrogen-bond donors (Lipinski definition) is 0. The molecule has 0 bridgehead atoms. The highest BCUT2D eigenvalue weighted by Gasteiger charge is 2.17. The molecule has 0 aliphatic rings. The standard InChI is InChI=1S/C15H22O3/c1-10(2)12-8-13(11(3)6-7-16)15(18-5)9-14(12)17-4/h7-11H,6H2,1-5H3. The zero-order valence-electron chi connectivity index (χ0n) is 11.8. The molecule has 0 radical (unpaired) electrons. The maximum absolute atomic E-state index is 10.7. The number of hydrogen-bond acceptors (Lipinski definition) is 3. The molecular weight excluding hydrogens is 228 g/mol. The van der Waals surface area contributed by atoms with Gasteiger partial charge < -0.3 is 14.3 Å². The second kappa shape index (κ2) is 6.43. The van der Waals surface area contributed by atoms with Gasteiger partial charge in [0.1, 0.15) is 17.8 Å². The Morgan fingerprint density at radius 1 is 1.06 bits per heavy atom. The molecule has 18 heavy (non-hydrogen) atoms. The third-order valence-corrected chi connectivity index (χ3v) is 3.18. The summed E-state index contributed by atoms with van der Waals surface area (Å²) in [5.41, 5.74) is 2.21. The van der Waals surface area contributed by atoms with Gasteiger partial charge in [-0.1, -0.05) is 20.8 Å². The summed E-state index contributed by atoms with van der Waals surface area (Å²) in [4.78, 5) is 10.7. The first kappa shape index (κ1) is 14.6. The van der Waals surface area contributed by atoms with Gasteiger partial charge in [-0.3, -0.25) is 0 Å². The summed E-state index contributed by atoms with van der Waals surface area (Å²) in [6, 6.07) is 4.00. The molecule has 1 rings (SSSR count). The van der Waals surface area contributed by atoms with Gasteiger partial charge in [0.15, 0.2) is 0 Å². The molecule has 0 aliphatic heterocycles. The maximum atomic E-state index is 10.7. The molecular formula is C15H22O3. The maximum Gasteiger partial charge on any atom is 0.126 e. The van der Waals surface area contributed by atoms with Crippen LogP contribution in [0.2, 0.25) is 0 Å². The van der Waals surface area contributed by atoms with Gasteiger partial charge in [-0.25, -0.2) is 0 Å². The van der Waals surface area contributed by atoms with Crippen LogP contribution >= 0.6 is 0 Å². The molecule has 1 unspecified atom stereocenters. The molecule has 100 valence electrons. The van der Waals surface area contributed by atoms with E-state index < -0.39 is 0 Å². The van der Waals surface area contributed by atoms with Crippen molar-refractivity contribution in [3.8, 4) is 11.5 Å². The summed E-state index contributed by atoms with van der Waals surface area (Å²) in [6.45, 7) is 6.28. The highest BCUT2D eigenvalue weighted by atomic mass is 16.5. The Bertz CT molecular complexity index is 410. The summed E-state index contributed by atoms with van der Waals surface area (Å²) in [5.74, 6) is 2.14. The number of aldehydes is 1. The largest absolute Gasteiger partial charge is 0.496 e. The third kappa shape index (κ3) is 3.03. The average molecular weight is 250 g/mol. The molecule has 1 aromatic carbocycles. The first-order chi connectivity index (χ1) is 8.54. The summed E-state index contributed by atoms with van der Waals surface area (Å²) >= 11 is 0. The van der Waals surface area contributed by atoms with Crippen LogP contribution < -0.4 is 9.47 Å². The second-order valence-electron chi connectivity index (χ2n) is 4.79. The molecule has 0 N–H and O–H groups in total. The van der Waals surface area contributed by atoms with Crippen molar-refractivity contribution in [3.63, 3.8) is 0 Å². The van der Waals surface area contributed by atoms with Crippen molar-refractivity contribution < 1.29 is 14.3 Å². The van der Waals surface area contributed by atoms with Crippen molar-refractivity contribution in [2.24, 2.45) is 0 Å². The van der Waals surface area contributed by atoms with E-state index in [-0.39, 0.29) is 5.92 Å². The highest BCUT2D eigenvalue weighted by Crippen LogP contribution is 2.37. The molecule has 0 fully saturated rings. The zero-order chi connectivity index (χ0) is 13.7. The van der Waals surface area contributed by atoms with Gasteiger partial charge in [0.2, 0.25) is 0 Å². The minimum Gasteiger partial charge on any atom is -0.496 e. The Balaban J connectivity index is 3.31. The average Bonchev–Trinajstić information content (AvgIpc) is 2.37. The fraction of sp³-hybridized carbons (Fsp3) is 0.533. The number of ether oxygens (including phenoxy) is 2. The van der Waals surface area contributed by atoms with Crippen LogP contribution in [0.4, 0.5) is 0 Å². The fourth-order valence-electron chi connectivity index (χ4n) is 2.06. The van der Waals surface area contributed by atoms with E-state index in [0.717, 1.165) is 28.9 Å².